The van der Waals surface area contributed by atoms with Gasteiger partial charge < -0.3 is 11.1 Å². The Hall–Kier alpha value is -1.65. The van der Waals surface area contributed by atoms with Gasteiger partial charge in [-0.25, -0.2) is 13.8 Å². The van der Waals surface area contributed by atoms with E-state index in [9.17, 15) is 8.78 Å². The molecule has 106 valence electrons. The van der Waals surface area contributed by atoms with Crippen LogP contribution in [-0.4, -0.2) is 12.5 Å². The van der Waals surface area contributed by atoms with Gasteiger partial charge in [0.2, 0.25) is 0 Å². The maximum atomic E-state index is 13.3. The third-order valence-electron chi connectivity index (χ3n) is 2.76. The number of guanidine groups is 1. The maximum Gasteiger partial charge on any atom is 0.188 e. The van der Waals surface area contributed by atoms with Crippen LogP contribution in [-0.2, 0) is 6.54 Å². The summed E-state index contributed by atoms with van der Waals surface area (Å²) in [6.45, 7) is 2.94. The van der Waals surface area contributed by atoms with E-state index < -0.39 is 11.6 Å². The monoisotopic (exact) mass is 269 g/mol. The van der Waals surface area contributed by atoms with E-state index in [1.54, 1.807) is 0 Å². The minimum atomic E-state index is -0.474. The number of nitrogens with one attached hydrogen (secondary N) is 1. The lowest BCUT2D eigenvalue weighted by Gasteiger charge is -2.05. The number of nitrogens with two attached hydrogens (primary N) is 1. The van der Waals surface area contributed by atoms with Crippen LogP contribution in [0.4, 0.5) is 8.78 Å². The molecule has 0 atom stereocenters. The minimum Gasteiger partial charge on any atom is -0.370 e. The van der Waals surface area contributed by atoms with Gasteiger partial charge in [-0.2, -0.15) is 0 Å². The van der Waals surface area contributed by atoms with Crippen molar-refractivity contribution in [2.75, 3.05) is 6.54 Å². The van der Waals surface area contributed by atoms with Gasteiger partial charge in [-0.15, -0.1) is 0 Å². The van der Waals surface area contributed by atoms with Crippen LogP contribution in [0, 0.1) is 11.6 Å². The van der Waals surface area contributed by atoms with Crippen molar-refractivity contribution in [3.05, 3.63) is 35.4 Å². The summed E-state index contributed by atoms with van der Waals surface area (Å²) in [7, 11) is 0. The van der Waals surface area contributed by atoms with E-state index >= 15 is 0 Å². The van der Waals surface area contributed by atoms with E-state index in [1.165, 1.54) is 12.8 Å². The van der Waals surface area contributed by atoms with Gasteiger partial charge in [-0.3, -0.25) is 0 Å². The number of halogens is 2. The summed E-state index contributed by atoms with van der Waals surface area (Å²) < 4.78 is 26.2. The van der Waals surface area contributed by atoms with Crippen molar-refractivity contribution in [1.29, 1.82) is 0 Å². The van der Waals surface area contributed by atoms with Gasteiger partial charge in [0.1, 0.15) is 11.6 Å². The molecule has 0 radical (unpaired) electrons. The number of benzene rings is 1. The Morgan fingerprint density at radius 1 is 1.26 bits per heavy atom. The fourth-order valence-corrected chi connectivity index (χ4v) is 1.66. The van der Waals surface area contributed by atoms with Gasteiger partial charge in [0, 0.05) is 12.1 Å². The smallest absolute Gasteiger partial charge is 0.188 e. The molecular formula is C14H21F2N3. The molecule has 0 aromatic heterocycles. The number of unbranched alkanes of at least 4 members (excludes halogenated alkanes) is 3. The van der Waals surface area contributed by atoms with Gasteiger partial charge >= 0.3 is 0 Å². The molecule has 0 bridgehead atoms. The van der Waals surface area contributed by atoms with E-state index in [4.69, 9.17) is 5.73 Å². The van der Waals surface area contributed by atoms with Crippen molar-refractivity contribution in [3.63, 3.8) is 0 Å². The van der Waals surface area contributed by atoms with Crippen molar-refractivity contribution in [1.82, 2.24) is 5.32 Å². The second-order valence-electron chi connectivity index (χ2n) is 4.42. The number of nitrogens with zero attached hydrogens (tertiary/aromatic N) is 1. The van der Waals surface area contributed by atoms with E-state index in [2.05, 4.69) is 17.2 Å². The van der Waals surface area contributed by atoms with Crippen LogP contribution in [0.1, 0.15) is 38.2 Å². The molecule has 0 aliphatic heterocycles. The topological polar surface area (TPSA) is 50.4 Å². The average Bonchev–Trinajstić information content (AvgIpc) is 2.39. The van der Waals surface area contributed by atoms with E-state index in [1.807, 2.05) is 0 Å². The third-order valence-corrected chi connectivity index (χ3v) is 2.76. The van der Waals surface area contributed by atoms with Crippen LogP contribution in [0.5, 0.6) is 0 Å². The van der Waals surface area contributed by atoms with Crippen LogP contribution < -0.4 is 11.1 Å². The fraction of sp³-hybridized carbons (Fsp3) is 0.500. The van der Waals surface area contributed by atoms with Gasteiger partial charge in [0.25, 0.3) is 0 Å². The van der Waals surface area contributed by atoms with E-state index in [0.717, 1.165) is 37.6 Å². The molecule has 0 saturated carbocycles. The molecule has 0 heterocycles. The summed E-state index contributed by atoms with van der Waals surface area (Å²) in [6, 6.07) is 3.31. The Morgan fingerprint density at radius 3 is 2.79 bits per heavy atom. The Morgan fingerprint density at radius 2 is 2.05 bits per heavy atom. The second-order valence-corrected chi connectivity index (χ2v) is 4.42. The van der Waals surface area contributed by atoms with Crippen molar-refractivity contribution in [2.24, 2.45) is 10.7 Å². The fourth-order valence-electron chi connectivity index (χ4n) is 1.66. The predicted octanol–water partition coefficient (Wildman–Crippen LogP) is 2.95. The predicted molar refractivity (Wildman–Crippen MR) is 73.8 cm³/mol. The zero-order valence-electron chi connectivity index (χ0n) is 11.3. The van der Waals surface area contributed by atoms with Crippen molar-refractivity contribution in [2.45, 2.75) is 39.2 Å². The first-order chi connectivity index (χ1) is 9.13. The van der Waals surface area contributed by atoms with Crippen LogP contribution >= 0.6 is 0 Å². The van der Waals surface area contributed by atoms with Crippen LogP contribution in [0.2, 0.25) is 0 Å². The first-order valence-corrected chi connectivity index (χ1v) is 6.61. The average molecular weight is 269 g/mol. The lowest BCUT2D eigenvalue weighted by molar-refractivity contribution is 0.585. The lowest BCUT2D eigenvalue weighted by atomic mass is 10.2. The first-order valence-electron chi connectivity index (χ1n) is 6.61. The summed E-state index contributed by atoms with van der Waals surface area (Å²) in [5.74, 6) is -0.682. The molecule has 5 heteroatoms. The Labute approximate surface area is 112 Å². The molecule has 0 aliphatic rings. The summed E-state index contributed by atoms with van der Waals surface area (Å²) >= 11 is 0. The third kappa shape index (κ3) is 6.18. The molecule has 1 rings (SSSR count). The van der Waals surface area contributed by atoms with Gasteiger partial charge in [0.05, 0.1) is 6.54 Å². The van der Waals surface area contributed by atoms with Gasteiger partial charge in [0.15, 0.2) is 5.96 Å². The van der Waals surface area contributed by atoms with E-state index in [0.29, 0.717) is 0 Å². The molecule has 0 unspecified atom stereocenters. The molecular weight excluding hydrogens is 248 g/mol. The summed E-state index contributed by atoms with van der Waals surface area (Å²) in [5, 5.41) is 2.96. The molecule has 0 fully saturated rings. The number of aliphatic imine (C=N–C) groups is 1. The molecule has 0 amide bonds. The normalized spacial score (nSPS) is 11.6. The molecule has 1 aromatic rings. The molecule has 0 aliphatic carbocycles. The quantitative estimate of drug-likeness (QED) is 0.454. The maximum absolute atomic E-state index is 13.3. The molecule has 0 saturated heterocycles. The van der Waals surface area contributed by atoms with Gasteiger partial charge in [-0.1, -0.05) is 26.2 Å². The summed E-state index contributed by atoms with van der Waals surface area (Å²) in [5.41, 5.74) is 5.85. The zero-order valence-corrected chi connectivity index (χ0v) is 11.3. The van der Waals surface area contributed by atoms with Crippen LogP contribution in [0.25, 0.3) is 0 Å². The standard InChI is InChI=1S/C14H21F2N3/c1-2-3-4-5-8-18-14(17)19-10-11-9-12(15)6-7-13(11)16/h6-7,9H,2-5,8,10H2,1H3,(H3,17,18,19). The van der Waals surface area contributed by atoms with Crippen molar-refractivity contribution >= 4 is 5.96 Å². The highest BCUT2D eigenvalue weighted by molar-refractivity contribution is 5.77. The Kier molecular flexibility index (Phi) is 6.85. The number of hydrogen-bond acceptors (Lipinski definition) is 1. The van der Waals surface area contributed by atoms with Crippen molar-refractivity contribution < 1.29 is 8.78 Å². The highest BCUT2D eigenvalue weighted by Crippen LogP contribution is 2.10. The number of hydrogen-bond donors (Lipinski definition) is 2. The summed E-state index contributed by atoms with van der Waals surface area (Å²) in [6.07, 6.45) is 4.56. The molecule has 3 nitrogen and oxygen atoms in total. The highest BCUT2D eigenvalue weighted by atomic mass is 19.1. The second kappa shape index (κ2) is 8.45. The molecule has 0 spiro atoms. The van der Waals surface area contributed by atoms with E-state index in [-0.39, 0.29) is 18.1 Å². The first kappa shape index (κ1) is 15.4. The minimum absolute atomic E-state index is 0.0391. The van der Waals surface area contributed by atoms with Crippen molar-refractivity contribution in [3.8, 4) is 0 Å². The zero-order chi connectivity index (χ0) is 14.1. The highest BCUT2D eigenvalue weighted by Gasteiger charge is 2.03. The molecule has 1 aromatic carbocycles. The SMILES string of the molecule is CCCCCCNC(N)=NCc1cc(F)ccc1F. The Bertz CT molecular complexity index is 419. The molecule has 3 N–H and O–H groups in total. The Balaban J connectivity index is 2.36. The largest absolute Gasteiger partial charge is 0.370 e. The van der Waals surface area contributed by atoms with Crippen LogP contribution in [0.3, 0.4) is 0 Å². The van der Waals surface area contributed by atoms with Gasteiger partial charge in [-0.05, 0) is 24.6 Å². The number of rotatable bonds is 7. The lowest BCUT2D eigenvalue weighted by Crippen LogP contribution is -2.32. The molecule has 19 heavy (non-hydrogen) atoms. The van der Waals surface area contributed by atoms with Crippen LogP contribution in [0.15, 0.2) is 23.2 Å². The summed E-state index contributed by atoms with van der Waals surface area (Å²) in [4.78, 5) is 3.99.